The lowest BCUT2D eigenvalue weighted by Crippen LogP contribution is -2.33. The van der Waals surface area contributed by atoms with Crippen LogP contribution in [0, 0.1) is 0 Å². The molecule has 0 atom stereocenters. The second kappa shape index (κ2) is 5.96. The molecular weight excluding hydrogens is 260 g/mol. The number of rotatable bonds is 3. The Hall–Kier alpha value is -1.01. The molecule has 19 heavy (non-hydrogen) atoms. The Kier molecular flexibility index (Phi) is 4.52. The molecule has 1 aromatic rings. The topological polar surface area (TPSA) is 64.2 Å². The summed E-state index contributed by atoms with van der Waals surface area (Å²) >= 11 is 1.93. The van der Waals surface area contributed by atoms with Crippen LogP contribution in [0.1, 0.15) is 30.8 Å². The quantitative estimate of drug-likeness (QED) is 0.905. The Morgan fingerprint density at radius 2 is 2.32 bits per heavy atom. The highest BCUT2D eigenvalue weighted by molar-refractivity contribution is 8.00. The molecule has 1 aliphatic rings. The largest absolute Gasteiger partial charge is 0.336 e. The molecule has 0 unspecified atom stereocenters. The van der Waals surface area contributed by atoms with E-state index in [0.717, 1.165) is 25.3 Å². The van der Waals surface area contributed by atoms with Gasteiger partial charge in [-0.1, -0.05) is 13.8 Å². The van der Waals surface area contributed by atoms with Gasteiger partial charge in [-0.05, 0) is 6.42 Å². The third kappa shape index (κ3) is 3.73. The van der Waals surface area contributed by atoms with Crippen LogP contribution in [-0.4, -0.2) is 50.5 Å². The first-order valence-electron chi connectivity index (χ1n) is 6.67. The second-order valence-electron chi connectivity index (χ2n) is 5.44. The van der Waals surface area contributed by atoms with Crippen molar-refractivity contribution in [3.8, 4) is 0 Å². The van der Waals surface area contributed by atoms with Crippen molar-refractivity contribution in [1.29, 1.82) is 0 Å². The molecule has 2 N–H and O–H groups in total. The molecule has 0 aliphatic carbocycles. The average molecular weight is 282 g/mol. The number of hydrogen-bond donors (Lipinski definition) is 1. The number of aromatic nitrogens is 2. The van der Waals surface area contributed by atoms with Gasteiger partial charge in [-0.2, -0.15) is 11.8 Å². The normalized spacial score (nSPS) is 19.2. The highest BCUT2D eigenvalue weighted by atomic mass is 32.2. The van der Waals surface area contributed by atoms with Crippen molar-refractivity contribution in [2.24, 2.45) is 5.73 Å². The van der Waals surface area contributed by atoms with E-state index >= 15 is 0 Å². The molecule has 0 radical (unpaired) electrons. The summed E-state index contributed by atoms with van der Waals surface area (Å²) in [6, 6.07) is 0. The van der Waals surface area contributed by atoms with Gasteiger partial charge in [0.25, 0.3) is 5.91 Å². The summed E-state index contributed by atoms with van der Waals surface area (Å²) in [7, 11) is 0. The van der Waals surface area contributed by atoms with E-state index in [-0.39, 0.29) is 10.7 Å². The number of amides is 1. The molecule has 106 valence electrons. The molecule has 5 nitrogen and oxygen atoms in total. The molecule has 0 spiro atoms. The Morgan fingerprint density at radius 1 is 1.53 bits per heavy atom. The zero-order valence-corrected chi connectivity index (χ0v) is 12.4. The Labute approximate surface area is 118 Å². The lowest BCUT2D eigenvalue weighted by molar-refractivity contribution is 0.0759. The van der Waals surface area contributed by atoms with Crippen molar-refractivity contribution >= 4 is 17.7 Å². The van der Waals surface area contributed by atoms with Gasteiger partial charge in [-0.25, -0.2) is 4.98 Å². The molecule has 1 saturated heterocycles. The Bertz CT molecular complexity index is 444. The predicted molar refractivity (Wildman–Crippen MR) is 78.3 cm³/mol. The van der Waals surface area contributed by atoms with Crippen LogP contribution in [0.3, 0.4) is 0 Å². The van der Waals surface area contributed by atoms with Crippen molar-refractivity contribution in [2.75, 3.05) is 25.4 Å². The van der Waals surface area contributed by atoms with Crippen LogP contribution in [0.4, 0.5) is 0 Å². The van der Waals surface area contributed by atoms with Crippen LogP contribution in [0.15, 0.2) is 12.5 Å². The van der Waals surface area contributed by atoms with Gasteiger partial charge in [0, 0.05) is 42.9 Å². The van der Waals surface area contributed by atoms with Crippen molar-refractivity contribution in [1.82, 2.24) is 14.5 Å². The van der Waals surface area contributed by atoms with E-state index in [4.69, 9.17) is 5.73 Å². The Balaban J connectivity index is 2.02. The van der Waals surface area contributed by atoms with Crippen LogP contribution in [0.5, 0.6) is 0 Å². The van der Waals surface area contributed by atoms with Gasteiger partial charge in [0.1, 0.15) is 5.69 Å². The molecule has 1 amide bonds. The predicted octanol–water partition coefficient (Wildman–Crippen LogP) is 1.20. The maximum atomic E-state index is 12.4. The van der Waals surface area contributed by atoms with Crippen LogP contribution < -0.4 is 5.73 Å². The van der Waals surface area contributed by atoms with E-state index in [9.17, 15) is 4.79 Å². The maximum Gasteiger partial charge on any atom is 0.274 e. The number of carbonyl (C=O) groups is 1. The summed E-state index contributed by atoms with van der Waals surface area (Å²) in [5.74, 6) is 1.02. The van der Waals surface area contributed by atoms with E-state index in [0.29, 0.717) is 18.8 Å². The van der Waals surface area contributed by atoms with Crippen LogP contribution >= 0.6 is 11.8 Å². The lowest BCUT2D eigenvalue weighted by Gasteiger charge is -2.22. The van der Waals surface area contributed by atoms with Crippen molar-refractivity contribution in [3.63, 3.8) is 0 Å². The van der Waals surface area contributed by atoms with E-state index in [2.05, 4.69) is 18.8 Å². The summed E-state index contributed by atoms with van der Waals surface area (Å²) in [6.45, 7) is 7.34. The third-order valence-corrected chi connectivity index (χ3v) is 4.74. The number of hydrogen-bond acceptors (Lipinski definition) is 4. The highest BCUT2D eigenvalue weighted by Gasteiger charge is 2.27. The summed E-state index contributed by atoms with van der Waals surface area (Å²) < 4.78 is 2.12. The fourth-order valence-electron chi connectivity index (χ4n) is 2.13. The standard InChI is InChI=1S/C13H22N4OS/c1-13(2)3-5-17(7-8-19-13)12(18)11-9-16(6-4-14)10-15-11/h9-10H,3-8,14H2,1-2H3. The van der Waals surface area contributed by atoms with E-state index < -0.39 is 0 Å². The van der Waals surface area contributed by atoms with Gasteiger partial charge >= 0.3 is 0 Å². The van der Waals surface area contributed by atoms with Crippen molar-refractivity contribution in [3.05, 3.63) is 18.2 Å². The fraction of sp³-hybridized carbons (Fsp3) is 0.692. The molecule has 0 bridgehead atoms. The van der Waals surface area contributed by atoms with E-state index in [1.165, 1.54) is 0 Å². The monoisotopic (exact) mass is 282 g/mol. The van der Waals surface area contributed by atoms with Gasteiger partial charge in [0.15, 0.2) is 0 Å². The van der Waals surface area contributed by atoms with Crippen molar-refractivity contribution < 1.29 is 4.79 Å². The smallest absolute Gasteiger partial charge is 0.274 e. The minimum absolute atomic E-state index is 0.0362. The van der Waals surface area contributed by atoms with Crippen LogP contribution in [0.25, 0.3) is 0 Å². The molecule has 0 aromatic carbocycles. The summed E-state index contributed by atoms with van der Waals surface area (Å²) in [4.78, 5) is 18.5. The molecule has 1 aromatic heterocycles. The minimum atomic E-state index is 0.0362. The van der Waals surface area contributed by atoms with Crippen LogP contribution in [0.2, 0.25) is 0 Å². The summed E-state index contributed by atoms with van der Waals surface area (Å²) in [6.07, 6.45) is 4.49. The van der Waals surface area contributed by atoms with Gasteiger partial charge in [0.05, 0.1) is 6.33 Å². The maximum absolute atomic E-state index is 12.4. The zero-order chi connectivity index (χ0) is 13.9. The summed E-state index contributed by atoms with van der Waals surface area (Å²) in [5, 5.41) is 0. The SMILES string of the molecule is CC1(C)CCN(C(=O)c2cn(CCN)cn2)CCS1. The fourth-order valence-corrected chi connectivity index (χ4v) is 3.23. The first-order chi connectivity index (χ1) is 9.02. The molecular formula is C13H22N4OS. The highest BCUT2D eigenvalue weighted by Crippen LogP contribution is 2.30. The van der Waals surface area contributed by atoms with E-state index in [1.54, 1.807) is 12.5 Å². The molecule has 1 aliphatic heterocycles. The molecule has 2 rings (SSSR count). The first kappa shape index (κ1) is 14.4. The molecule has 1 fully saturated rings. The number of nitrogens with two attached hydrogens (primary N) is 1. The number of carbonyl (C=O) groups excluding carboxylic acids is 1. The number of nitrogens with zero attached hydrogens (tertiary/aromatic N) is 3. The molecule has 0 saturated carbocycles. The van der Waals surface area contributed by atoms with Gasteiger partial charge < -0.3 is 15.2 Å². The summed E-state index contributed by atoms with van der Waals surface area (Å²) in [5.41, 5.74) is 6.02. The van der Waals surface area contributed by atoms with Crippen LogP contribution in [-0.2, 0) is 6.54 Å². The third-order valence-electron chi connectivity index (χ3n) is 3.36. The second-order valence-corrected chi connectivity index (χ2v) is 7.24. The van der Waals surface area contributed by atoms with Gasteiger partial charge in [-0.3, -0.25) is 4.79 Å². The number of thioether (sulfide) groups is 1. The molecule has 2 heterocycles. The van der Waals surface area contributed by atoms with Gasteiger partial charge in [0.2, 0.25) is 0 Å². The Morgan fingerprint density at radius 3 is 3.05 bits per heavy atom. The number of imidazole rings is 1. The van der Waals surface area contributed by atoms with Gasteiger partial charge in [-0.15, -0.1) is 0 Å². The first-order valence-corrected chi connectivity index (χ1v) is 7.65. The minimum Gasteiger partial charge on any atom is -0.336 e. The van der Waals surface area contributed by atoms with Crippen molar-refractivity contribution in [2.45, 2.75) is 31.6 Å². The molecule has 6 heteroatoms. The lowest BCUT2D eigenvalue weighted by atomic mass is 10.1. The average Bonchev–Trinajstić information content (AvgIpc) is 2.74. The zero-order valence-electron chi connectivity index (χ0n) is 11.6. The van der Waals surface area contributed by atoms with E-state index in [1.807, 2.05) is 21.2 Å².